The molecule has 5 heteroatoms. The first-order chi connectivity index (χ1) is 17.4. The van der Waals surface area contributed by atoms with E-state index in [0.717, 1.165) is 39.0 Å². The lowest BCUT2D eigenvalue weighted by molar-refractivity contribution is 0.518. The molecule has 3 rings (SSSR count). The van der Waals surface area contributed by atoms with E-state index in [1.165, 1.54) is 38.5 Å². The molecular weight excluding hydrogens is 550 g/mol. The molecule has 1 N–H and O–H groups in total. The number of unbranched alkanes of at least 4 members (excludes halogenated alkanes) is 7. The van der Waals surface area contributed by atoms with Gasteiger partial charge in [0, 0.05) is 15.1 Å². The molecule has 0 amide bonds. The van der Waals surface area contributed by atoms with E-state index in [4.69, 9.17) is 11.6 Å². The smallest absolute Gasteiger partial charge is 0.148 e. The third kappa shape index (κ3) is 8.46. The van der Waals surface area contributed by atoms with E-state index < -0.39 is 15.0 Å². The summed E-state index contributed by atoms with van der Waals surface area (Å²) < 4.78 is 14.2. The Kier molecular flexibility index (Phi) is 12.0. The molecule has 3 aromatic rings. The van der Waals surface area contributed by atoms with Crippen LogP contribution in [0.1, 0.15) is 81.9 Å². The van der Waals surface area contributed by atoms with Crippen molar-refractivity contribution in [1.29, 1.82) is 0 Å². The largest absolute Gasteiger partial charge is 0.375 e. The molecule has 0 bridgehead atoms. The molecule has 0 spiro atoms. The molecule has 0 fully saturated rings. The van der Waals surface area contributed by atoms with Crippen molar-refractivity contribution in [3.63, 3.8) is 0 Å². The molecule has 194 valence electrons. The first-order valence-corrected chi connectivity index (χ1v) is 15.5. The summed E-state index contributed by atoms with van der Waals surface area (Å²) in [5.74, 6) is 0. The lowest BCUT2D eigenvalue weighted by Gasteiger charge is -2.36. The van der Waals surface area contributed by atoms with Gasteiger partial charge < -0.3 is 5.32 Å². The predicted octanol–water partition coefficient (Wildman–Crippen LogP) is 10.2. The lowest BCUT2D eigenvalue weighted by atomic mass is 9.97. The molecule has 3 aromatic carbocycles. The second kappa shape index (κ2) is 15.0. The molecule has 3 atom stereocenters. The Morgan fingerprint density at radius 3 is 2.03 bits per heavy atom. The zero-order valence-electron chi connectivity index (χ0n) is 21.5. The van der Waals surface area contributed by atoms with Gasteiger partial charge in [-0.05, 0) is 55.3 Å². The molecule has 36 heavy (non-hydrogen) atoms. The average Bonchev–Trinajstić information content (AvgIpc) is 2.90. The first kappa shape index (κ1) is 28.9. The second-order valence-corrected chi connectivity index (χ2v) is 13.1. The first-order valence-electron chi connectivity index (χ1n) is 13.2. The average molecular weight is 589 g/mol. The van der Waals surface area contributed by atoms with E-state index in [0.29, 0.717) is 6.42 Å². The molecule has 0 aliphatic carbocycles. The van der Waals surface area contributed by atoms with Crippen LogP contribution in [0.5, 0.6) is 0 Å². The van der Waals surface area contributed by atoms with Gasteiger partial charge in [-0.3, -0.25) is 4.21 Å². The number of aryl methyl sites for hydroxylation is 1. The van der Waals surface area contributed by atoms with Crippen molar-refractivity contribution in [2.75, 3.05) is 5.32 Å². The number of hydrogen-bond donors (Lipinski definition) is 1. The van der Waals surface area contributed by atoms with Gasteiger partial charge in [0.15, 0.2) is 0 Å². The van der Waals surface area contributed by atoms with Crippen LogP contribution in [-0.4, -0.2) is 8.42 Å². The molecule has 0 aliphatic rings. The van der Waals surface area contributed by atoms with Gasteiger partial charge in [0.25, 0.3) is 0 Å². The molecule has 0 saturated heterocycles. The molecule has 0 aromatic heterocycles. The Morgan fingerprint density at radius 1 is 0.833 bits per heavy atom. The number of nitrogens with one attached hydrogen (secondary N) is 1. The maximum absolute atomic E-state index is 14.2. The number of benzene rings is 3. The minimum Gasteiger partial charge on any atom is -0.375 e. The van der Waals surface area contributed by atoms with Crippen LogP contribution in [0.15, 0.2) is 88.2 Å². The summed E-state index contributed by atoms with van der Waals surface area (Å²) in [5, 5.41) is 3.65. The highest BCUT2D eigenvalue weighted by atomic mass is 79.9. The Labute approximate surface area is 233 Å². The van der Waals surface area contributed by atoms with Crippen molar-refractivity contribution in [3.05, 3.63) is 94.5 Å². The third-order valence-corrected chi connectivity index (χ3v) is 9.75. The van der Waals surface area contributed by atoms with E-state index in [1.54, 1.807) is 0 Å². The van der Waals surface area contributed by atoms with Gasteiger partial charge in [-0.15, -0.1) is 11.6 Å². The molecular formula is C31H39BrClNOS. The monoisotopic (exact) mass is 587 g/mol. The number of rotatable bonds is 15. The van der Waals surface area contributed by atoms with Crippen LogP contribution in [0, 0.1) is 6.92 Å². The van der Waals surface area contributed by atoms with Crippen molar-refractivity contribution < 1.29 is 4.21 Å². The number of hydrogen-bond acceptors (Lipinski definition) is 2. The number of alkyl halides is 1. The minimum atomic E-state index is -1.42. The fourth-order valence-corrected chi connectivity index (χ4v) is 6.86. The van der Waals surface area contributed by atoms with Crippen LogP contribution in [0.2, 0.25) is 0 Å². The van der Waals surface area contributed by atoms with Crippen LogP contribution < -0.4 is 5.32 Å². The zero-order chi connectivity index (χ0) is 25.8. The Morgan fingerprint density at radius 2 is 1.42 bits per heavy atom. The van der Waals surface area contributed by atoms with E-state index in [1.807, 2.05) is 73.7 Å². The summed E-state index contributed by atoms with van der Waals surface area (Å²) >= 11 is 11.1. The number of halogens is 2. The predicted molar refractivity (Wildman–Crippen MR) is 160 cm³/mol. The topological polar surface area (TPSA) is 29.1 Å². The molecule has 0 radical (unpaired) electrons. The van der Waals surface area contributed by atoms with Gasteiger partial charge in [-0.25, -0.2) is 0 Å². The molecule has 0 heterocycles. The van der Waals surface area contributed by atoms with E-state index in [-0.39, 0.29) is 6.04 Å². The summed E-state index contributed by atoms with van der Waals surface area (Å²) in [4.78, 5) is 0.772. The van der Waals surface area contributed by atoms with Crippen molar-refractivity contribution in [3.8, 4) is 0 Å². The van der Waals surface area contributed by atoms with Crippen LogP contribution in [0.4, 0.5) is 5.69 Å². The van der Waals surface area contributed by atoms with E-state index >= 15 is 0 Å². The lowest BCUT2D eigenvalue weighted by Crippen LogP contribution is -2.39. The van der Waals surface area contributed by atoms with Crippen molar-refractivity contribution in [1.82, 2.24) is 0 Å². The fraction of sp³-hybridized carbons (Fsp3) is 0.419. The molecule has 2 nitrogen and oxygen atoms in total. The highest BCUT2D eigenvalue weighted by Crippen LogP contribution is 2.44. The highest BCUT2D eigenvalue weighted by molar-refractivity contribution is 9.10. The Hall–Kier alpha value is -1.62. The molecule has 0 aliphatic heterocycles. The van der Waals surface area contributed by atoms with Crippen LogP contribution in [0.25, 0.3) is 0 Å². The quantitative estimate of drug-likeness (QED) is 0.141. The van der Waals surface area contributed by atoms with Crippen molar-refractivity contribution in [2.45, 2.75) is 86.8 Å². The summed E-state index contributed by atoms with van der Waals surface area (Å²) in [6, 6.07) is 25.9. The molecule has 0 unspecified atom stereocenters. The SMILES string of the molecule is CCCCCCCCCC[C@@](Cl)([C@H](Nc1ccc(Br)cc1)c1ccccc1)[S@](=O)c1ccc(C)cc1. The Bertz CT molecular complexity index is 1060. The maximum Gasteiger partial charge on any atom is 0.148 e. The van der Waals surface area contributed by atoms with Gasteiger partial charge in [0.2, 0.25) is 0 Å². The number of anilines is 1. The van der Waals surface area contributed by atoms with Gasteiger partial charge in [0.1, 0.15) is 4.21 Å². The van der Waals surface area contributed by atoms with E-state index in [2.05, 4.69) is 40.3 Å². The zero-order valence-corrected chi connectivity index (χ0v) is 24.7. The second-order valence-electron chi connectivity index (χ2n) is 9.59. The normalized spacial score (nSPS) is 14.7. The van der Waals surface area contributed by atoms with Crippen LogP contribution in [-0.2, 0) is 10.8 Å². The minimum absolute atomic E-state index is 0.326. The summed E-state index contributed by atoms with van der Waals surface area (Å²) in [6.07, 6.45) is 10.4. The standard InChI is InChI=1S/C31H39BrClNOS/c1-3-4-5-6-7-8-9-13-24-31(33,36(35)29-22-16-25(2)17-23-29)30(26-14-11-10-12-15-26)34-28-20-18-27(32)19-21-28/h10-12,14-23,30,34H,3-9,13,24H2,1-2H3/t30-,31+,36-/m1/s1. The summed E-state index contributed by atoms with van der Waals surface area (Å²) in [6.45, 7) is 4.29. The molecule has 0 saturated carbocycles. The Balaban J connectivity index is 1.87. The van der Waals surface area contributed by atoms with Crippen molar-refractivity contribution >= 4 is 44.0 Å². The van der Waals surface area contributed by atoms with Crippen LogP contribution in [0.3, 0.4) is 0 Å². The third-order valence-electron chi connectivity index (χ3n) is 6.63. The van der Waals surface area contributed by atoms with Crippen molar-refractivity contribution in [2.24, 2.45) is 0 Å². The van der Waals surface area contributed by atoms with Gasteiger partial charge in [-0.2, -0.15) is 0 Å². The maximum atomic E-state index is 14.2. The van der Waals surface area contributed by atoms with Gasteiger partial charge in [0.05, 0.1) is 16.8 Å². The van der Waals surface area contributed by atoms with Gasteiger partial charge >= 0.3 is 0 Å². The fourth-order valence-electron chi connectivity index (χ4n) is 4.50. The van der Waals surface area contributed by atoms with Gasteiger partial charge in [-0.1, -0.05) is 122 Å². The van der Waals surface area contributed by atoms with Crippen LogP contribution >= 0.6 is 27.5 Å². The highest BCUT2D eigenvalue weighted by Gasteiger charge is 2.44. The summed E-state index contributed by atoms with van der Waals surface area (Å²) in [7, 11) is -1.42. The summed E-state index contributed by atoms with van der Waals surface area (Å²) in [5.41, 5.74) is 3.14. The van der Waals surface area contributed by atoms with E-state index in [9.17, 15) is 4.21 Å².